The summed E-state index contributed by atoms with van der Waals surface area (Å²) in [6.45, 7) is 3.49. The van der Waals surface area contributed by atoms with E-state index in [1.54, 1.807) is 24.3 Å². The highest BCUT2D eigenvalue weighted by molar-refractivity contribution is 6.34. The van der Waals surface area contributed by atoms with Crippen LogP contribution in [0.3, 0.4) is 0 Å². The van der Waals surface area contributed by atoms with Gasteiger partial charge in [0.05, 0.1) is 0 Å². The summed E-state index contributed by atoms with van der Waals surface area (Å²) in [5.74, 6) is -1.40. The topological polar surface area (TPSA) is 66.5 Å². The van der Waals surface area contributed by atoms with E-state index in [4.69, 9.17) is 11.6 Å². The van der Waals surface area contributed by atoms with Crippen LogP contribution < -0.4 is 5.32 Å². The molecule has 1 N–H and O–H groups in total. The average Bonchev–Trinajstić information content (AvgIpc) is 2.41. The number of imide groups is 2. The first-order chi connectivity index (χ1) is 9.54. The van der Waals surface area contributed by atoms with E-state index in [9.17, 15) is 14.4 Å². The van der Waals surface area contributed by atoms with Crippen molar-refractivity contribution in [3.8, 4) is 0 Å². The third-order valence-electron chi connectivity index (χ3n) is 2.70. The lowest BCUT2D eigenvalue weighted by molar-refractivity contribution is -0.129. The number of hydrogen-bond acceptors (Lipinski definition) is 3. The second-order valence-corrected chi connectivity index (χ2v) is 4.45. The maximum atomic E-state index is 12.1. The zero-order valence-corrected chi connectivity index (χ0v) is 11.2. The summed E-state index contributed by atoms with van der Waals surface area (Å²) < 4.78 is 0. The number of barbiturate groups is 1. The van der Waals surface area contributed by atoms with Crippen molar-refractivity contribution in [2.75, 3.05) is 6.54 Å². The number of halogens is 1. The highest BCUT2D eigenvalue weighted by Crippen LogP contribution is 2.20. The summed E-state index contributed by atoms with van der Waals surface area (Å²) in [5.41, 5.74) is 0.389. The largest absolute Gasteiger partial charge is 0.331 e. The van der Waals surface area contributed by atoms with Gasteiger partial charge in [-0.1, -0.05) is 35.9 Å². The van der Waals surface area contributed by atoms with Crippen molar-refractivity contribution in [2.24, 2.45) is 0 Å². The zero-order valence-electron chi connectivity index (χ0n) is 10.4. The molecule has 5 nitrogen and oxygen atoms in total. The minimum Gasteiger partial charge on any atom is -0.273 e. The first-order valence-corrected chi connectivity index (χ1v) is 6.16. The van der Waals surface area contributed by atoms with Crippen LogP contribution in [0.4, 0.5) is 4.79 Å². The van der Waals surface area contributed by atoms with Crippen LogP contribution in [0.2, 0.25) is 5.02 Å². The Morgan fingerprint density at radius 3 is 2.60 bits per heavy atom. The fourth-order valence-corrected chi connectivity index (χ4v) is 1.93. The molecule has 1 saturated heterocycles. The molecule has 1 aromatic carbocycles. The Morgan fingerprint density at radius 1 is 1.25 bits per heavy atom. The molecule has 0 atom stereocenters. The zero-order chi connectivity index (χ0) is 14.7. The monoisotopic (exact) mass is 290 g/mol. The second kappa shape index (κ2) is 5.71. The molecule has 0 radical (unpaired) electrons. The number of hydrogen-bond donors (Lipinski definition) is 1. The van der Waals surface area contributed by atoms with Gasteiger partial charge in [-0.15, -0.1) is 6.58 Å². The van der Waals surface area contributed by atoms with Gasteiger partial charge in [0.1, 0.15) is 5.57 Å². The molecular weight excluding hydrogens is 280 g/mol. The molecule has 0 bridgehead atoms. The molecular formula is C14H11ClN2O3. The van der Waals surface area contributed by atoms with E-state index >= 15 is 0 Å². The molecule has 102 valence electrons. The van der Waals surface area contributed by atoms with Gasteiger partial charge in [0, 0.05) is 11.6 Å². The van der Waals surface area contributed by atoms with E-state index in [2.05, 4.69) is 11.9 Å². The van der Waals surface area contributed by atoms with Crippen molar-refractivity contribution >= 4 is 35.5 Å². The Labute approximate surface area is 120 Å². The van der Waals surface area contributed by atoms with Crippen molar-refractivity contribution in [3.63, 3.8) is 0 Å². The Hall–Kier alpha value is -2.40. The molecule has 1 fully saturated rings. The van der Waals surface area contributed by atoms with E-state index < -0.39 is 17.8 Å². The molecule has 20 heavy (non-hydrogen) atoms. The molecule has 0 aliphatic carbocycles. The Balaban J connectivity index is 2.42. The summed E-state index contributed by atoms with van der Waals surface area (Å²) in [6, 6.07) is 6.03. The van der Waals surface area contributed by atoms with Gasteiger partial charge in [-0.3, -0.25) is 19.8 Å². The van der Waals surface area contributed by atoms with Crippen LogP contribution >= 0.6 is 11.6 Å². The molecule has 4 amide bonds. The number of benzene rings is 1. The van der Waals surface area contributed by atoms with Crippen molar-refractivity contribution in [1.29, 1.82) is 0 Å². The SMILES string of the molecule is C=CCN1C(=O)NC(=O)C(=Cc2ccccc2Cl)C1=O. The molecule has 1 aliphatic rings. The molecule has 6 heteroatoms. The van der Waals surface area contributed by atoms with E-state index in [0.717, 1.165) is 4.90 Å². The number of nitrogens with zero attached hydrogens (tertiary/aromatic N) is 1. The summed E-state index contributed by atoms with van der Waals surface area (Å²) in [5, 5.41) is 2.51. The van der Waals surface area contributed by atoms with E-state index in [1.807, 2.05) is 0 Å². The van der Waals surface area contributed by atoms with Gasteiger partial charge in [0.2, 0.25) is 0 Å². The molecule has 1 heterocycles. The van der Waals surface area contributed by atoms with E-state index in [0.29, 0.717) is 10.6 Å². The van der Waals surface area contributed by atoms with Crippen LogP contribution in [0, 0.1) is 0 Å². The van der Waals surface area contributed by atoms with Gasteiger partial charge >= 0.3 is 6.03 Å². The number of carbonyl (C=O) groups excluding carboxylic acids is 3. The fraction of sp³-hybridized carbons (Fsp3) is 0.0714. The average molecular weight is 291 g/mol. The van der Waals surface area contributed by atoms with Crippen LogP contribution in [0.1, 0.15) is 5.56 Å². The van der Waals surface area contributed by atoms with Gasteiger partial charge in [-0.25, -0.2) is 4.79 Å². The number of amides is 4. The van der Waals surface area contributed by atoms with E-state index in [1.165, 1.54) is 12.2 Å². The maximum Gasteiger partial charge on any atom is 0.331 e. The summed E-state index contributed by atoms with van der Waals surface area (Å²) in [4.78, 5) is 36.3. The predicted molar refractivity (Wildman–Crippen MR) is 74.9 cm³/mol. The normalized spacial score (nSPS) is 17.4. The molecule has 0 saturated carbocycles. The van der Waals surface area contributed by atoms with Gasteiger partial charge in [0.25, 0.3) is 11.8 Å². The Kier molecular flexibility index (Phi) is 4.00. The fourth-order valence-electron chi connectivity index (χ4n) is 1.74. The second-order valence-electron chi connectivity index (χ2n) is 4.04. The van der Waals surface area contributed by atoms with Gasteiger partial charge < -0.3 is 0 Å². The lowest BCUT2D eigenvalue weighted by atomic mass is 10.1. The number of nitrogens with one attached hydrogen (secondary N) is 1. The van der Waals surface area contributed by atoms with Crippen molar-refractivity contribution < 1.29 is 14.4 Å². The number of rotatable bonds is 3. The number of urea groups is 1. The highest BCUT2D eigenvalue weighted by atomic mass is 35.5. The highest BCUT2D eigenvalue weighted by Gasteiger charge is 2.34. The third kappa shape index (κ3) is 2.62. The van der Waals surface area contributed by atoms with Gasteiger partial charge in [0.15, 0.2) is 0 Å². The van der Waals surface area contributed by atoms with Crippen LogP contribution in [0.25, 0.3) is 6.08 Å². The maximum absolute atomic E-state index is 12.1. The summed E-state index contributed by atoms with van der Waals surface area (Å²) in [7, 11) is 0. The quantitative estimate of drug-likeness (QED) is 0.526. The molecule has 1 aliphatic heterocycles. The van der Waals surface area contributed by atoms with Crippen molar-refractivity contribution in [2.45, 2.75) is 0 Å². The Bertz CT molecular complexity index is 637. The van der Waals surface area contributed by atoms with Crippen LogP contribution in [-0.4, -0.2) is 29.3 Å². The molecule has 0 aromatic heterocycles. The molecule has 0 spiro atoms. The van der Waals surface area contributed by atoms with Gasteiger partial charge in [-0.2, -0.15) is 0 Å². The van der Waals surface area contributed by atoms with Gasteiger partial charge in [-0.05, 0) is 17.7 Å². The number of carbonyl (C=O) groups is 3. The van der Waals surface area contributed by atoms with Crippen molar-refractivity contribution in [1.82, 2.24) is 10.2 Å². The van der Waals surface area contributed by atoms with Crippen LogP contribution in [-0.2, 0) is 9.59 Å². The standard InChI is InChI=1S/C14H11ClN2O3/c1-2-7-17-13(19)10(12(18)16-14(17)20)8-9-5-3-4-6-11(9)15/h2-6,8H,1,7H2,(H,16,18,20). The molecule has 0 unspecified atom stereocenters. The van der Waals surface area contributed by atoms with Crippen LogP contribution in [0.5, 0.6) is 0 Å². The minimum atomic E-state index is -0.754. The lowest BCUT2D eigenvalue weighted by Gasteiger charge is -2.25. The lowest BCUT2D eigenvalue weighted by Crippen LogP contribution is -2.54. The summed E-state index contributed by atoms with van der Waals surface area (Å²) >= 11 is 5.98. The minimum absolute atomic E-state index is 0.0256. The molecule has 2 rings (SSSR count). The molecule has 1 aromatic rings. The first-order valence-electron chi connectivity index (χ1n) is 5.79. The smallest absolute Gasteiger partial charge is 0.273 e. The van der Waals surface area contributed by atoms with Crippen molar-refractivity contribution in [3.05, 3.63) is 53.1 Å². The summed E-state index contributed by atoms with van der Waals surface area (Å²) in [6.07, 6.45) is 2.77. The Morgan fingerprint density at radius 2 is 1.95 bits per heavy atom. The first kappa shape index (κ1) is 14.0. The van der Waals surface area contributed by atoms with Crippen LogP contribution in [0.15, 0.2) is 42.5 Å². The van der Waals surface area contributed by atoms with E-state index in [-0.39, 0.29) is 12.1 Å². The predicted octanol–water partition coefficient (Wildman–Crippen LogP) is 1.99. The third-order valence-corrected chi connectivity index (χ3v) is 3.05.